The summed E-state index contributed by atoms with van der Waals surface area (Å²) in [5, 5.41) is 11.4. The number of rotatable bonds is 4. The summed E-state index contributed by atoms with van der Waals surface area (Å²) in [7, 11) is 0. The lowest BCUT2D eigenvalue weighted by Crippen LogP contribution is -2.30. The molecular weight excluding hydrogens is 520 g/mol. The van der Waals surface area contributed by atoms with Crippen LogP contribution in [0.3, 0.4) is 0 Å². The lowest BCUT2D eigenvalue weighted by atomic mass is 9.78. The van der Waals surface area contributed by atoms with E-state index in [4.69, 9.17) is 0 Å². The molecule has 0 saturated carbocycles. The number of halogens is 12. The molecular formula is C23H14F12O. The summed E-state index contributed by atoms with van der Waals surface area (Å²) in [6.45, 7) is 0. The second-order valence-electron chi connectivity index (χ2n) is 8.08. The Labute approximate surface area is 195 Å². The number of hydrogen-bond acceptors (Lipinski definition) is 1. The van der Waals surface area contributed by atoms with Gasteiger partial charge >= 0.3 is 24.7 Å². The zero-order valence-electron chi connectivity index (χ0n) is 17.6. The quantitative estimate of drug-likeness (QED) is 0.392. The molecule has 0 radical (unpaired) electrons. The van der Waals surface area contributed by atoms with Crippen molar-refractivity contribution in [3.05, 3.63) is 93.6 Å². The molecule has 0 aliphatic heterocycles. The van der Waals surface area contributed by atoms with Gasteiger partial charge in [0.2, 0.25) is 0 Å². The molecule has 1 nitrogen and oxygen atoms in total. The van der Waals surface area contributed by atoms with Crippen LogP contribution in [-0.2, 0) is 30.3 Å². The van der Waals surface area contributed by atoms with Crippen LogP contribution in [0, 0.1) is 0 Å². The van der Waals surface area contributed by atoms with E-state index in [0.29, 0.717) is 0 Å². The monoisotopic (exact) mass is 534 g/mol. The van der Waals surface area contributed by atoms with Gasteiger partial charge in [0.05, 0.1) is 22.3 Å². The van der Waals surface area contributed by atoms with Crippen molar-refractivity contribution in [3.63, 3.8) is 0 Å². The van der Waals surface area contributed by atoms with Crippen LogP contribution in [-0.4, -0.2) is 5.11 Å². The predicted octanol–water partition coefficient (Wildman–Crippen LogP) is 8.27. The number of alkyl halides is 12. The summed E-state index contributed by atoms with van der Waals surface area (Å²) < 4.78 is 161. The summed E-state index contributed by atoms with van der Waals surface area (Å²) in [4.78, 5) is 0. The molecule has 1 aliphatic rings. The van der Waals surface area contributed by atoms with Crippen LogP contribution < -0.4 is 0 Å². The first-order valence-corrected chi connectivity index (χ1v) is 9.88. The molecule has 36 heavy (non-hydrogen) atoms. The molecule has 1 aliphatic carbocycles. The zero-order valence-corrected chi connectivity index (χ0v) is 17.6. The van der Waals surface area contributed by atoms with E-state index in [1.54, 1.807) is 0 Å². The molecule has 2 aromatic carbocycles. The summed E-state index contributed by atoms with van der Waals surface area (Å²) >= 11 is 0. The lowest BCUT2D eigenvalue weighted by Gasteiger charge is -2.32. The normalized spacial score (nSPS) is 15.4. The fraction of sp³-hybridized carbons (Fsp3) is 0.304. The molecule has 13 heteroatoms. The summed E-state index contributed by atoms with van der Waals surface area (Å²) in [5.41, 5.74) is -12.9. The number of benzene rings is 2. The molecule has 0 amide bonds. The molecule has 0 saturated heterocycles. The fourth-order valence-corrected chi connectivity index (χ4v) is 3.71. The van der Waals surface area contributed by atoms with Gasteiger partial charge in [-0.15, -0.1) is 0 Å². The molecule has 1 N–H and O–H groups in total. The molecule has 0 spiro atoms. The van der Waals surface area contributed by atoms with Crippen LogP contribution in [0.15, 0.2) is 60.2 Å². The van der Waals surface area contributed by atoms with Gasteiger partial charge in [0, 0.05) is 6.42 Å². The van der Waals surface area contributed by atoms with Crippen molar-refractivity contribution in [2.75, 3.05) is 0 Å². The minimum atomic E-state index is -5.38. The van der Waals surface area contributed by atoms with Crippen molar-refractivity contribution in [1.29, 1.82) is 0 Å². The maximum absolute atomic E-state index is 13.4. The maximum Gasteiger partial charge on any atom is 0.416 e. The number of allylic oxidation sites excluding steroid dienone is 3. The van der Waals surface area contributed by atoms with E-state index < -0.39 is 70.1 Å². The van der Waals surface area contributed by atoms with E-state index in [1.165, 1.54) is 18.2 Å². The van der Waals surface area contributed by atoms with Gasteiger partial charge < -0.3 is 5.11 Å². The highest BCUT2D eigenvalue weighted by atomic mass is 19.4. The average Bonchev–Trinajstić information content (AvgIpc) is 3.23. The lowest BCUT2D eigenvalue weighted by molar-refractivity contribution is -0.144. The Morgan fingerprint density at radius 2 is 0.833 bits per heavy atom. The highest BCUT2D eigenvalue weighted by Gasteiger charge is 2.44. The molecule has 196 valence electrons. The molecule has 0 heterocycles. The molecule has 0 bridgehead atoms. The predicted molar refractivity (Wildman–Crippen MR) is 102 cm³/mol. The number of aliphatic hydroxyl groups is 1. The van der Waals surface area contributed by atoms with Crippen molar-refractivity contribution in [2.45, 2.75) is 43.1 Å². The van der Waals surface area contributed by atoms with E-state index in [9.17, 15) is 57.8 Å². The van der Waals surface area contributed by atoms with Crippen LogP contribution in [0.4, 0.5) is 52.7 Å². The van der Waals surface area contributed by atoms with Gasteiger partial charge in [0.1, 0.15) is 5.60 Å². The fourth-order valence-electron chi connectivity index (χ4n) is 3.71. The third-order valence-corrected chi connectivity index (χ3v) is 5.46. The average molecular weight is 534 g/mol. The van der Waals surface area contributed by atoms with Crippen molar-refractivity contribution in [1.82, 2.24) is 0 Å². The molecule has 2 aromatic rings. The van der Waals surface area contributed by atoms with E-state index >= 15 is 0 Å². The van der Waals surface area contributed by atoms with E-state index in [1.807, 2.05) is 0 Å². The Bertz CT molecular complexity index is 1050. The van der Waals surface area contributed by atoms with Gasteiger partial charge in [0.15, 0.2) is 0 Å². The molecule has 0 fully saturated rings. The highest BCUT2D eigenvalue weighted by Crippen LogP contribution is 2.46. The van der Waals surface area contributed by atoms with E-state index in [2.05, 4.69) is 0 Å². The Hall–Kier alpha value is -2.96. The van der Waals surface area contributed by atoms with Gasteiger partial charge in [0.25, 0.3) is 0 Å². The van der Waals surface area contributed by atoms with Crippen molar-refractivity contribution >= 4 is 0 Å². The maximum atomic E-state index is 13.4. The minimum Gasteiger partial charge on any atom is -0.380 e. The largest absolute Gasteiger partial charge is 0.416 e. The number of hydrogen-bond donors (Lipinski definition) is 1. The van der Waals surface area contributed by atoms with Crippen molar-refractivity contribution in [3.8, 4) is 0 Å². The zero-order chi connectivity index (χ0) is 27.3. The van der Waals surface area contributed by atoms with Crippen molar-refractivity contribution in [2.24, 2.45) is 0 Å². The molecule has 0 aromatic heterocycles. The molecule has 3 rings (SSSR count). The Kier molecular flexibility index (Phi) is 6.80. The SMILES string of the molecule is OC(CC1=CC=CC1)(c1cc(C(F)(F)F)cc(C(F)(F)F)c1)c1cc(C(F)(F)F)cc(C(F)(F)F)c1. The van der Waals surface area contributed by atoms with Gasteiger partial charge in [-0.3, -0.25) is 0 Å². The Morgan fingerprint density at radius 3 is 1.08 bits per heavy atom. The summed E-state index contributed by atoms with van der Waals surface area (Å²) in [5.74, 6) is 0. The van der Waals surface area contributed by atoms with Crippen LogP contribution in [0.2, 0.25) is 0 Å². The first kappa shape index (κ1) is 27.6. The third-order valence-electron chi connectivity index (χ3n) is 5.46. The Balaban J connectivity index is 2.39. The second-order valence-corrected chi connectivity index (χ2v) is 8.08. The van der Waals surface area contributed by atoms with Crippen LogP contribution in [0.1, 0.15) is 46.2 Å². The first-order valence-electron chi connectivity index (χ1n) is 9.88. The Morgan fingerprint density at radius 1 is 0.528 bits per heavy atom. The smallest absolute Gasteiger partial charge is 0.380 e. The van der Waals surface area contributed by atoms with Crippen LogP contribution >= 0.6 is 0 Å². The third kappa shape index (κ3) is 5.88. The van der Waals surface area contributed by atoms with E-state index in [0.717, 1.165) is 0 Å². The highest BCUT2D eigenvalue weighted by molar-refractivity contribution is 5.47. The molecule has 0 atom stereocenters. The van der Waals surface area contributed by atoms with Gasteiger partial charge in [-0.1, -0.05) is 23.8 Å². The standard InChI is InChI=1S/C23H14F12O/c24-20(25,26)15-5-13(6-16(9-15)21(27,28)29)19(36,11-12-3-1-2-4-12)14-7-17(22(30,31)32)10-18(8-14)23(33,34)35/h1-3,5-10,36H,4,11H2. The van der Waals surface area contributed by atoms with Gasteiger partial charge in [-0.05, 0) is 53.9 Å². The topological polar surface area (TPSA) is 20.2 Å². The summed E-state index contributed by atoms with van der Waals surface area (Å²) in [6, 6.07) is -0.240. The van der Waals surface area contributed by atoms with Gasteiger partial charge in [-0.25, -0.2) is 0 Å². The summed E-state index contributed by atoms with van der Waals surface area (Å²) in [6.07, 6.45) is -18.2. The van der Waals surface area contributed by atoms with E-state index in [-0.39, 0.29) is 48.4 Å². The van der Waals surface area contributed by atoms with Crippen LogP contribution in [0.25, 0.3) is 0 Å². The van der Waals surface area contributed by atoms with Gasteiger partial charge in [-0.2, -0.15) is 52.7 Å². The minimum absolute atomic E-state index is 0.0124. The second kappa shape index (κ2) is 8.86. The first-order chi connectivity index (χ1) is 16.2. The van der Waals surface area contributed by atoms with Crippen molar-refractivity contribution < 1.29 is 57.8 Å². The molecule has 0 unspecified atom stereocenters. The van der Waals surface area contributed by atoms with Crippen LogP contribution in [0.5, 0.6) is 0 Å².